The Morgan fingerprint density at radius 1 is 1.57 bits per heavy atom. The van der Waals surface area contributed by atoms with Crippen LogP contribution < -0.4 is 5.32 Å². The van der Waals surface area contributed by atoms with Gasteiger partial charge in [0.05, 0.1) is 0 Å². The Hall–Kier alpha value is -0.870. The summed E-state index contributed by atoms with van der Waals surface area (Å²) in [6.45, 7) is 5.36. The molecule has 14 heavy (non-hydrogen) atoms. The molecule has 0 spiro atoms. The average Bonchev–Trinajstić information content (AvgIpc) is 2.67. The molecule has 0 saturated carbocycles. The predicted octanol–water partition coefficient (Wildman–Crippen LogP) is 1.94. The fourth-order valence-electron chi connectivity index (χ4n) is 1.44. The average molecular weight is 209 g/mol. The van der Waals surface area contributed by atoms with Crippen LogP contribution in [0.1, 0.15) is 19.5 Å². The summed E-state index contributed by atoms with van der Waals surface area (Å²) in [6, 6.07) is 0.562. The van der Waals surface area contributed by atoms with E-state index in [0.717, 1.165) is 17.9 Å². The lowest BCUT2D eigenvalue weighted by molar-refractivity contribution is 0.586. The molecule has 2 heterocycles. The number of nitrogens with one attached hydrogen (secondary N) is 1. The molecule has 4 heteroatoms. The van der Waals surface area contributed by atoms with Crippen LogP contribution in [0.25, 0.3) is 4.96 Å². The number of rotatable bonds is 4. The van der Waals surface area contributed by atoms with E-state index < -0.39 is 0 Å². The predicted molar refractivity (Wildman–Crippen MR) is 59.9 cm³/mol. The summed E-state index contributed by atoms with van der Waals surface area (Å²) in [5, 5.41) is 5.60. The monoisotopic (exact) mass is 209 g/mol. The number of hydrogen-bond donors (Lipinski definition) is 1. The van der Waals surface area contributed by atoms with E-state index >= 15 is 0 Å². The molecule has 0 bridgehead atoms. The molecule has 0 unspecified atom stereocenters. The highest BCUT2D eigenvalue weighted by atomic mass is 32.1. The van der Waals surface area contributed by atoms with E-state index in [1.807, 2.05) is 12.4 Å². The van der Waals surface area contributed by atoms with Crippen molar-refractivity contribution in [2.45, 2.75) is 26.3 Å². The summed E-state index contributed by atoms with van der Waals surface area (Å²) in [6.07, 6.45) is 4.94. The first-order chi connectivity index (χ1) is 6.77. The quantitative estimate of drug-likeness (QED) is 0.833. The summed E-state index contributed by atoms with van der Waals surface area (Å²) < 4.78 is 2.16. The van der Waals surface area contributed by atoms with Gasteiger partial charge < -0.3 is 5.32 Å². The van der Waals surface area contributed by atoms with E-state index in [-0.39, 0.29) is 0 Å². The van der Waals surface area contributed by atoms with Crippen LogP contribution in [-0.4, -0.2) is 22.0 Å². The van der Waals surface area contributed by atoms with Crippen molar-refractivity contribution < 1.29 is 0 Å². The molecule has 0 radical (unpaired) electrons. The Bertz CT molecular complexity index is 402. The second-order valence-corrected chi connectivity index (χ2v) is 4.50. The van der Waals surface area contributed by atoms with Crippen LogP contribution in [0.4, 0.5) is 0 Å². The maximum absolute atomic E-state index is 4.24. The summed E-state index contributed by atoms with van der Waals surface area (Å²) in [7, 11) is 0. The van der Waals surface area contributed by atoms with Gasteiger partial charge in [-0.3, -0.25) is 4.40 Å². The van der Waals surface area contributed by atoms with Crippen LogP contribution in [0.15, 0.2) is 17.8 Å². The van der Waals surface area contributed by atoms with Gasteiger partial charge in [-0.1, -0.05) is 13.8 Å². The number of aromatic nitrogens is 2. The lowest BCUT2D eigenvalue weighted by Crippen LogP contribution is -2.25. The van der Waals surface area contributed by atoms with Crippen LogP contribution in [-0.2, 0) is 6.42 Å². The van der Waals surface area contributed by atoms with E-state index in [4.69, 9.17) is 0 Å². The Morgan fingerprint density at radius 2 is 2.43 bits per heavy atom. The third kappa shape index (κ3) is 1.96. The third-order valence-corrected chi connectivity index (χ3v) is 3.05. The zero-order valence-corrected chi connectivity index (χ0v) is 9.34. The maximum atomic E-state index is 4.24. The molecule has 2 aromatic heterocycles. The van der Waals surface area contributed by atoms with Crippen LogP contribution in [0, 0.1) is 0 Å². The summed E-state index contributed by atoms with van der Waals surface area (Å²) in [4.78, 5) is 5.33. The number of imidazole rings is 1. The van der Waals surface area contributed by atoms with Crippen LogP contribution in [0.5, 0.6) is 0 Å². The molecule has 3 nitrogen and oxygen atoms in total. The van der Waals surface area contributed by atoms with Gasteiger partial charge in [0, 0.05) is 42.5 Å². The van der Waals surface area contributed by atoms with E-state index in [1.165, 1.54) is 5.69 Å². The SMILES string of the molecule is CC(C)NCCc1csc2nccn12. The first kappa shape index (κ1) is 9.68. The van der Waals surface area contributed by atoms with Gasteiger partial charge in [0.25, 0.3) is 0 Å². The molecule has 2 aromatic rings. The number of nitrogens with zero attached hydrogens (tertiary/aromatic N) is 2. The van der Waals surface area contributed by atoms with Crippen molar-refractivity contribution in [1.29, 1.82) is 0 Å². The second-order valence-electron chi connectivity index (χ2n) is 3.67. The van der Waals surface area contributed by atoms with Crippen LogP contribution >= 0.6 is 11.3 Å². The smallest absolute Gasteiger partial charge is 0.193 e. The van der Waals surface area contributed by atoms with Crippen molar-refractivity contribution in [3.05, 3.63) is 23.5 Å². The van der Waals surface area contributed by atoms with E-state index in [1.54, 1.807) is 11.3 Å². The largest absolute Gasteiger partial charge is 0.314 e. The Morgan fingerprint density at radius 3 is 3.21 bits per heavy atom. The minimum absolute atomic E-state index is 0.562. The lowest BCUT2D eigenvalue weighted by Gasteiger charge is -2.06. The van der Waals surface area contributed by atoms with Gasteiger partial charge in [-0.2, -0.15) is 0 Å². The molecule has 0 atom stereocenters. The molecule has 0 amide bonds. The van der Waals surface area contributed by atoms with E-state index in [2.05, 4.69) is 33.9 Å². The number of fused-ring (bicyclic) bond motifs is 1. The molecular weight excluding hydrogens is 194 g/mol. The fourth-order valence-corrected chi connectivity index (χ4v) is 2.33. The topological polar surface area (TPSA) is 29.3 Å². The van der Waals surface area contributed by atoms with Crippen molar-refractivity contribution >= 4 is 16.3 Å². The van der Waals surface area contributed by atoms with E-state index in [0.29, 0.717) is 6.04 Å². The highest BCUT2D eigenvalue weighted by Gasteiger charge is 2.03. The molecule has 0 aliphatic rings. The van der Waals surface area contributed by atoms with Gasteiger partial charge in [0.2, 0.25) is 0 Å². The van der Waals surface area contributed by atoms with E-state index in [9.17, 15) is 0 Å². The van der Waals surface area contributed by atoms with Gasteiger partial charge in [-0.05, 0) is 0 Å². The normalized spacial score (nSPS) is 11.6. The van der Waals surface area contributed by atoms with Crippen LogP contribution in [0.3, 0.4) is 0 Å². The Balaban J connectivity index is 2.01. The van der Waals surface area contributed by atoms with Gasteiger partial charge in [0.1, 0.15) is 0 Å². The van der Waals surface area contributed by atoms with Gasteiger partial charge >= 0.3 is 0 Å². The van der Waals surface area contributed by atoms with Crippen molar-refractivity contribution in [3.8, 4) is 0 Å². The van der Waals surface area contributed by atoms with Crippen molar-refractivity contribution in [2.75, 3.05) is 6.54 Å². The Labute approximate surface area is 87.8 Å². The molecule has 0 saturated heterocycles. The summed E-state index contributed by atoms with van der Waals surface area (Å²) in [5.74, 6) is 0. The molecule has 2 rings (SSSR count). The molecule has 0 fully saturated rings. The number of hydrogen-bond acceptors (Lipinski definition) is 3. The standard InChI is InChI=1S/C10H15N3S/c1-8(2)11-4-3-9-7-14-10-12-5-6-13(9)10/h5-8,11H,3-4H2,1-2H3. The maximum Gasteiger partial charge on any atom is 0.193 e. The Kier molecular flexibility index (Phi) is 2.84. The van der Waals surface area contributed by atoms with Crippen molar-refractivity contribution in [2.24, 2.45) is 0 Å². The first-order valence-electron chi connectivity index (χ1n) is 4.90. The van der Waals surface area contributed by atoms with Crippen molar-refractivity contribution in [3.63, 3.8) is 0 Å². The third-order valence-electron chi connectivity index (χ3n) is 2.15. The van der Waals surface area contributed by atoms with Gasteiger partial charge in [-0.15, -0.1) is 11.3 Å². The van der Waals surface area contributed by atoms with Crippen molar-refractivity contribution in [1.82, 2.24) is 14.7 Å². The summed E-state index contributed by atoms with van der Waals surface area (Å²) >= 11 is 1.70. The summed E-state index contributed by atoms with van der Waals surface area (Å²) in [5.41, 5.74) is 1.34. The molecule has 0 aliphatic heterocycles. The molecule has 76 valence electrons. The zero-order valence-electron chi connectivity index (χ0n) is 8.53. The molecule has 1 N–H and O–H groups in total. The highest BCUT2D eigenvalue weighted by Crippen LogP contribution is 2.14. The highest BCUT2D eigenvalue weighted by molar-refractivity contribution is 7.15. The molecule has 0 aromatic carbocycles. The van der Waals surface area contributed by atoms with Crippen LogP contribution in [0.2, 0.25) is 0 Å². The minimum atomic E-state index is 0.562. The minimum Gasteiger partial charge on any atom is -0.314 e. The zero-order chi connectivity index (χ0) is 9.97. The molecular formula is C10H15N3S. The van der Waals surface area contributed by atoms with Gasteiger partial charge in [-0.25, -0.2) is 4.98 Å². The van der Waals surface area contributed by atoms with Gasteiger partial charge in [0.15, 0.2) is 4.96 Å². The lowest BCUT2D eigenvalue weighted by atomic mass is 10.3. The first-order valence-corrected chi connectivity index (χ1v) is 5.78. The fraction of sp³-hybridized carbons (Fsp3) is 0.500. The second kappa shape index (κ2) is 4.11. The molecule has 0 aliphatic carbocycles. The number of thiazole rings is 1.